The summed E-state index contributed by atoms with van der Waals surface area (Å²) in [6, 6.07) is 4.31. The van der Waals surface area contributed by atoms with Gasteiger partial charge in [-0.25, -0.2) is 0 Å². The number of benzene rings is 1. The maximum Gasteiger partial charge on any atom is 0.294 e. The Hall–Kier alpha value is -1.20. The first-order chi connectivity index (χ1) is 8.34. The summed E-state index contributed by atoms with van der Waals surface area (Å²) in [4.78, 5) is 11.9. The van der Waals surface area contributed by atoms with Crippen LogP contribution in [0.4, 0.5) is 0 Å². The molecule has 0 bridgehead atoms. The molecule has 1 N–H and O–H groups in total. The van der Waals surface area contributed by atoms with Crippen LogP contribution in [0.3, 0.4) is 0 Å². The lowest BCUT2D eigenvalue weighted by atomic mass is 9.76. The predicted octanol–water partition coefficient (Wildman–Crippen LogP) is 2.65. The first-order valence-electron chi connectivity index (χ1n) is 6.00. The molecule has 0 saturated carbocycles. The molecule has 0 radical (unpaired) electrons. The summed E-state index contributed by atoms with van der Waals surface area (Å²) in [5.41, 5.74) is 1.34. The second-order valence-electron chi connectivity index (χ2n) is 4.83. The molecule has 98 valence electrons. The van der Waals surface area contributed by atoms with E-state index in [1.165, 1.54) is 12.1 Å². The Morgan fingerprint density at radius 3 is 2.61 bits per heavy atom. The number of carbonyl (C=O) groups is 1. The fourth-order valence-electron chi connectivity index (χ4n) is 2.58. The van der Waals surface area contributed by atoms with E-state index in [1.54, 1.807) is 6.07 Å². The summed E-state index contributed by atoms with van der Waals surface area (Å²) in [5, 5.41) is 0. The smallest absolute Gasteiger partial charge is 0.294 e. The van der Waals surface area contributed by atoms with Crippen LogP contribution in [0, 0.1) is 5.92 Å². The van der Waals surface area contributed by atoms with E-state index in [9.17, 15) is 13.2 Å². The summed E-state index contributed by atoms with van der Waals surface area (Å²) >= 11 is 0. The molecule has 0 fully saturated rings. The second kappa shape index (κ2) is 4.48. The van der Waals surface area contributed by atoms with Crippen LogP contribution in [0.15, 0.2) is 23.1 Å². The van der Waals surface area contributed by atoms with Crippen molar-refractivity contribution in [2.24, 2.45) is 5.92 Å². The fourth-order valence-corrected chi connectivity index (χ4v) is 3.08. The van der Waals surface area contributed by atoms with Gasteiger partial charge in [0.1, 0.15) is 0 Å². The molecule has 0 aromatic heterocycles. The van der Waals surface area contributed by atoms with Gasteiger partial charge in [-0.3, -0.25) is 9.35 Å². The van der Waals surface area contributed by atoms with E-state index in [0.29, 0.717) is 5.56 Å². The number of fused-ring (bicyclic) bond motifs is 1. The van der Waals surface area contributed by atoms with Gasteiger partial charge in [-0.15, -0.1) is 0 Å². The number of hydrogen-bond donors (Lipinski definition) is 1. The molecule has 0 spiro atoms. The Bertz CT molecular complexity index is 589. The summed E-state index contributed by atoms with van der Waals surface area (Å²) in [7, 11) is -4.25. The third kappa shape index (κ3) is 2.20. The first-order valence-corrected chi connectivity index (χ1v) is 7.44. The molecule has 0 saturated heterocycles. The van der Waals surface area contributed by atoms with Gasteiger partial charge in [0, 0.05) is 11.5 Å². The summed E-state index contributed by atoms with van der Waals surface area (Å²) in [6.45, 7) is 3.90. The summed E-state index contributed by atoms with van der Waals surface area (Å²) in [5.74, 6) is 0.141. The van der Waals surface area contributed by atoms with Crippen molar-refractivity contribution in [2.45, 2.75) is 37.5 Å². The molecule has 5 heteroatoms. The summed E-state index contributed by atoms with van der Waals surface area (Å²) in [6.07, 6.45) is 1.71. The van der Waals surface area contributed by atoms with Crippen LogP contribution in [0.1, 0.15) is 48.5 Å². The minimum Gasteiger partial charge on any atom is -0.294 e. The van der Waals surface area contributed by atoms with Gasteiger partial charge in [0.15, 0.2) is 5.78 Å². The van der Waals surface area contributed by atoms with Crippen LogP contribution in [0.25, 0.3) is 0 Å². The lowest BCUT2D eigenvalue weighted by molar-refractivity contribution is 0.0903. The van der Waals surface area contributed by atoms with Gasteiger partial charge in [0.25, 0.3) is 10.1 Å². The van der Waals surface area contributed by atoms with E-state index < -0.39 is 10.1 Å². The highest BCUT2D eigenvalue weighted by Gasteiger charge is 2.31. The maximum absolute atomic E-state index is 12.1. The molecule has 2 rings (SSSR count). The number of Topliss-reactive ketones (excluding diaryl/α,β-unsaturated/α-hetero) is 1. The molecule has 4 nitrogen and oxygen atoms in total. The van der Waals surface area contributed by atoms with Crippen LogP contribution < -0.4 is 0 Å². The van der Waals surface area contributed by atoms with Crippen molar-refractivity contribution in [3.05, 3.63) is 29.3 Å². The predicted molar refractivity (Wildman–Crippen MR) is 67.4 cm³/mol. The van der Waals surface area contributed by atoms with Gasteiger partial charge in [-0.05, 0) is 36.5 Å². The fraction of sp³-hybridized carbons (Fsp3) is 0.462. The van der Waals surface area contributed by atoms with Gasteiger partial charge in [-0.1, -0.05) is 19.9 Å². The Balaban J connectivity index is 2.60. The first kappa shape index (κ1) is 13.2. The number of rotatable bonds is 2. The zero-order chi connectivity index (χ0) is 13.5. The Kier molecular flexibility index (Phi) is 3.29. The van der Waals surface area contributed by atoms with Crippen molar-refractivity contribution in [1.29, 1.82) is 0 Å². The zero-order valence-electron chi connectivity index (χ0n) is 10.4. The molecule has 0 heterocycles. The van der Waals surface area contributed by atoms with Crippen LogP contribution in [0.2, 0.25) is 0 Å². The molecule has 1 aromatic carbocycles. The third-order valence-corrected chi connectivity index (χ3v) is 4.46. The average Bonchev–Trinajstić information content (AvgIpc) is 2.32. The Labute approximate surface area is 107 Å². The number of ketones is 1. The van der Waals surface area contributed by atoms with Gasteiger partial charge in [0.2, 0.25) is 0 Å². The molecule has 0 amide bonds. The number of hydrogen-bond acceptors (Lipinski definition) is 3. The van der Waals surface area contributed by atoms with Crippen LogP contribution >= 0.6 is 0 Å². The van der Waals surface area contributed by atoms with Crippen molar-refractivity contribution in [3.8, 4) is 0 Å². The van der Waals surface area contributed by atoms with Crippen molar-refractivity contribution >= 4 is 15.9 Å². The van der Waals surface area contributed by atoms with Gasteiger partial charge in [-0.2, -0.15) is 8.42 Å². The average molecular weight is 268 g/mol. The van der Waals surface area contributed by atoms with Gasteiger partial charge >= 0.3 is 0 Å². The van der Waals surface area contributed by atoms with E-state index in [1.807, 2.05) is 13.8 Å². The van der Waals surface area contributed by atoms with E-state index in [2.05, 4.69) is 0 Å². The van der Waals surface area contributed by atoms with E-state index in [-0.39, 0.29) is 22.5 Å². The van der Waals surface area contributed by atoms with Crippen LogP contribution in [-0.2, 0) is 10.1 Å². The monoisotopic (exact) mass is 268 g/mol. The molecule has 1 aromatic rings. The van der Waals surface area contributed by atoms with Crippen molar-refractivity contribution in [1.82, 2.24) is 0 Å². The third-order valence-electron chi connectivity index (χ3n) is 3.61. The minimum absolute atomic E-state index is 0.0415. The van der Waals surface area contributed by atoms with Crippen molar-refractivity contribution in [3.63, 3.8) is 0 Å². The molecular weight excluding hydrogens is 252 g/mol. The molecule has 2 unspecified atom stereocenters. The highest BCUT2D eigenvalue weighted by molar-refractivity contribution is 7.85. The molecular formula is C13H16O4S. The van der Waals surface area contributed by atoms with Gasteiger partial charge in [0.05, 0.1) is 4.90 Å². The Morgan fingerprint density at radius 2 is 2.06 bits per heavy atom. The Morgan fingerprint density at radius 1 is 1.39 bits per heavy atom. The van der Waals surface area contributed by atoms with E-state index in [4.69, 9.17) is 4.55 Å². The highest BCUT2D eigenvalue weighted by atomic mass is 32.2. The van der Waals surface area contributed by atoms with Gasteiger partial charge < -0.3 is 0 Å². The molecule has 1 aliphatic carbocycles. The molecule has 1 aliphatic rings. The molecule has 2 atom stereocenters. The van der Waals surface area contributed by atoms with Crippen LogP contribution in [0.5, 0.6) is 0 Å². The zero-order valence-corrected chi connectivity index (χ0v) is 11.2. The SMILES string of the molecule is CCC1CC(C)C(=O)c2cc(S(=O)(=O)O)ccc21. The number of carbonyl (C=O) groups excluding carboxylic acids is 1. The van der Waals surface area contributed by atoms with Crippen molar-refractivity contribution < 1.29 is 17.8 Å². The lowest BCUT2D eigenvalue weighted by Crippen LogP contribution is -2.23. The van der Waals surface area contributed by atoms with Crippen molar-refractivity contribution in [2.75, 3.05) is 0 Å². The van der Waals surface area contributed by atoms with Crippen LogP contribution in [-0.4, -0.2) is 18.8 Å². The van der Waals surface area contributed by atoms with E-state index in [0.717, 1.165) is 18.4 Å². The van der Waals surface area contributed by atoms with E-state index >= 15 is 0 Å². The molecule has 0 aliphatic heterocycles. The normalized spacial score (nSPS) is 23.8. The highest BCUT2D eigenvalue weighted by Crippen LogP contribution is 2.37. The molecule has 18 heavy (non-hydrogen) atoms. The quantitative estimate of drug-likeness (QED) is 0.837. The minimum atomic E-state index is -4.25. The standard InChI is InChI=1S/C13H16O4S/c1-3-9-6-8(2)13(14)12-7-10(18(15,16)17)4-5-11(9)12/h4-5,7-9H,3,6H2,1-2H3,(H,15,16,17). The maximum atomic E-state index is 12.1. The lowest BCUT2D eigenvalue weighted by Gasteiger charge is -2.28. The topological polar surface area (TPSA) is 71.4 Å². The summed E-state index contributed by atoms with van der Waals surface area (Å²) < 4.78 is 31.2. The largest absolute Gasteiger partial charge is 0.294 e. The second-order valence-corrected chi connectivity index (χ2v) is 6.25.